The Hall–Kier alpha value is -0.800. The fraction of sp³-hybridized carbons (Fsp3) is 0.733. The first kappa shape index (κ1) is 12.2. The van der Waals surface area contributed by atoms with Gasteiger partial charge in [0.05, 0.1) is 12.5 Å². The molecule has 1 saturated carbocycles. The number of rotatable bonds is 2. The van der Waals surface area contributed by atoms with Crippen molar-refractivity contribution in [3.8, 4) is 0 Å². The molecule has 1 saturated heterocycles. The molecule has 18 heavy (non-hydrogen) atoms. The van der Waals surface area contributed by atoms with Crippen LogP contribution in [0.15, 0.2) is 23.0 Å². The van der Waals surface area contributed by atoms with E-state index in [0.717, 1.165) is 19.6 Å². The minimum absolute atomic E-state index is 0.396. The summed E-state index contributed by atoms with van der Waals surface area (Å²) in [6.45, 7) is 5.76. The van der Waals surface area contributed by atoms with Gasteiger partial charge in [-0.2, -0.15) is 0 Å². The Morgan fingerprint density at radius 2 is 2.17 bits per heavy atom. The van der Waals surface area contributed by atoms with Gasteiger partial charge < -0.3 is 9.73 Å². The summed E-state index contributed by atoms with van der Waals surface area (Å²) in [5, 5.41) is 3.61. The zero-order chi connectivity index (χ0) is 12.4. The zero-order valence-electron chi connectivity index (χ0n) is 11.3. The number of piperazine rings is 1. The normalized spacial score (nSPS) is 26.3. The van der Waals surface area contributed by atoms with Gasteiger partial charge in [0.1, 0.15) is 0 Å². The molecule has 1 atom stereocenters. The smallest absolute Gasteiger partial charge is 0.0950 e. The Kier molecular flexibility index (Phi) is 3.44. The maximum Gasteiger partial charge on any atom is 0.0950 e. The van der Waals surface area contributed by atoms with Crippen molar-refractivity contribution >= 4 is 0 Å². The lowest BCUT2D eigenvalue weighted by atomic mass is 9.78. The fourth-order valence-electron chi connectivity index (χ4n) is 3.83. The average Bonchev–Trinajstić information content (AvgIpc) is 2.93. The van der Waals surface area contributed by atoms with Crippen LogP contribution in [0.2, 0.25) is 0 Å². The molecule has 1 N–H and O–H groups in total. The minimum Gasteiger partial charge on any atom is -0.472 e. The Labute approximate surface area is 110 Å². The molecule has 3 rings (SSSR count). The quantitative estimate of drug-likeness (QED) is 0.872. The monoisotopic (exact) mass is 248 g/mol. The lowest BCUT2D eigenvalue weighted by Crippen LogP contribution is -2.62. The predicted octanol–water partition coefficient (Wildman–Crippen LogP) is 2.95. The van der Waals surface area contributed by atoms with Crippen LogP contribution in [0.25, 0.3) is 0 Å². The molecule has 0 aromatic carbocycles. The molecule has 2 heterocycles. The van der Waals surface area contributed by atoms with Crippen molar-refractivity contribution in [2.75, 3.05) is 19.6 Å². The number of hydrogen-bond acceptors (Lipinski definition) is 3. The van der Waals surface area contributed by atoms with Crippen LogP contribution in [0.3, 0.4) is 0 Å². The van der Waals surface area contributed by atoms with Gasteiger partial charge in [-0.1, -0.05) is 19.3 Å². The van der Waals surface area contributed by atoms with Crippen LogP contribution in [0.4, 0.5) is 0 Å². The van der Waals surface area contributed by atoms with Crippen molar-refractivity contribution < 1.29 is 4.42 Å². The van der Waals surface area contributed by atoms with Gasteiger partial charge in [-0.15, -0.1) is 0 Å². The van der Waals surface area contributed by atoms with Crippen LogP contribution in [-0.2, 0) is 0 Å². The minimum atomic E-state index is 0.396. The molecule has 3 nitrogen and oxygen atoms in total. The first-order valence-corrected chi connectivity index (χ1v) is 7.31. The maximum atomic E-state index is 5.26. The van der Waals surface area contributed by atoms with E-state index in [1.807, 2.05) is 6.26 Å². The molecule has 0 amide bonds. The molecule has 1 aliphatic heterocycles. The van der Waals surface area contributed by atoms with Gasteiger partial charge in [0.25, 0.3) is 0 Å². The number of furan rings is 1. The van der Waals surface area contributed by atoms with Gasteiger partial charge in [0.2, 0.25) is 0 Å². The molecule has 1 aliphatic carbocycles. The van der Waals surface area contributed by atoms with E-state index in [2.05, 4.69) is 23.2 Å². The standard InChI is InChI=1S/C15H24N2O/c1-13(14-5-10-18-11-14)17-9-8-16-12-15(17)6-3-2-4-7-15/h5,10-11,13,16H,2-4,6-9,12H2,1H3. The first-order valence-electron chi connectivity index (χ1n) is 7.31. The van der Waals surface area contributed by atoms with Gasteiger partial charge in [-0.25, -0.2) is 0 Å². The molecule has 0 radical (unpaired) electrons. The van der Waals surface area contributed by atoms with Crippen molar-refractivity contribution in [1.82, 2.24) is 10.2 Å². The van der Waals surface area contributed by atoms with E-state index in [-0.39, 0.29) is 0 Å². The molecule has 100 valence electrons. The molecule has 1 spiro atoms. The molecular formula is C15H24N2O. The zero-order valence-corrected chi connectivity index (χ0v) is 11.3. The summed E-state index contributed by atoms with van der Waals surface area (Å²) in [6.07, 6.45) is 10.6. The van der Waals surface area contributed by atoms with Gasteiger partial charge in [-0.05, 0) is 25.8 Å². The highest BCUT2D eigenvalue weighted by molar-refractivity contribution is 5.14. The summed E-state index contributed by atoms with van der Waals surface area (Å²) in [5.74, 6) is 0. The third-order valence-corrected chi connectivity index (χ3v) is 4.87. The van der Waals surface area contributed by atoms with Gasteiger partial charge >= 0.3 is 0 Å². The highest BCUT2D eigenvalue weighted by Gasteiger charge is 2.42. The molecule has 2 aliphatic rings. The van der Waals surface area contributed by atoms with Gasteiger partial charge in [0, 0.05) is 36.8 Å². The highest BCUT2D eigenvalue weighted by atomic mass is 16.3. The average molecular weight is 248 g/mol. The SMILES string of the molecule is CC(c1ccoc1)N1CCNCC12CCCCC2. The largest absolute Gasteiger partial charge is 0.472 e. The van der Waals surface area contributed by atoms with E-state index >= 15 is 0 Å². The van der Waals surface area contributed by atoms with E-state index in [9.17, 15) is 0 Å². The molecule has 2 fully saturated rings. The lowest BCUT2D eigenvalue weighted by molar-refractivity contribution is -0.00293. The number of hydrogen-bond donors (Lipinski definition) is 1. The Bertz CT molecular complexity index is 360. The Balaban J connectivity index is 1.83. The number of nitrogens with one attached hydrogen (secondary N) is 1. The topological polar surface area (TPSA) is 28.4 Å². The highest BCUT2D eigenvalue weighted by Crippen LogP contribution is 2.39. The molecular weight excluding hydrogens is 224 g/mol. The summed E-state index contributed by atoms with van der Waals surface area (Å²) in [7, 11) is 0. The van der Waals surface area contributed by atoms with Crippen LogP contribution < -0.4 is 5.32 Å². The lowest BCUT2D eigenvalue weighted by Gasteiger charge is -2.52. The molecule has 3 heteroatoms. The van der Waals surface area contributed by atoms with E-state index in [1.54, 1.807) is 6.26 Å². The van der Waals surface area contributed by atoms with Crippen LogP contribution in [-0.4, -0.2) is 30.1 Å². The molecule has 0 bridgehead atoms. The van der Waals surface area contributed by atoms with Crippen LogP contribution in [0.1, 0.15) is 50.6 Å². The molecule has 1 aromatic heterocycles. The van der Waals surface area contributed by atoms with Crippen molar-refractivity contribution in [2.24, 2.45) is 0 Å². The third-order valence-electron chi connectivity index (χ3n) is 4.87. The molecule has 1 unspecified atom stereocenters. The second-order valence-corrected chi connectivity index (χ2v) is 5.89. The summed E-state index contributed by atoms with van der Waals surface area (Å²) < 4.78 is 5.26. The van der Waals surface area contributed by atoms with Gasteiger partial charge in [-0.3, -0.25) is 4.90 Å². The van der Waals surface area contributed by atoms with Gasteiger partial charge in [0.15, 0.2) is 0 Å². The second-order valence-electron chi connectivity index (χ2n) is 5.89. The summed E-state index contributed by atoms with van der Waals surface area (Å²) >= 11 is 0. The maximum absolute atomic E-state index is 5.26. The van der Waals surface area contributed by atoms with E-state index in [4.69, 9.17) is 4.42 Å². The van der Waals surface area contributed by atoms with E-state index in [1.165, 1.54) is 37.7 Å². The van der Waals surface area contributed by atoms with Crippen molar-refractivity contribution in [3.63, 3.8) is 0 Å². The van der Waals surface area contributed by atoms with E-state index in [0.29, 0.717) is 11.6 Å². The second kappa shape index (κ2) is 5.06. The summed E-state index contributed by atoms with van der Waals surface area (Å²) in [4.78, 5) is 2.73. The Morgan fingerprint density at radius 1 is 1.33 bits per heavy atom. The fourth-order valence-corrected chi connectivity index (χ4v) is 3.83. The first-order chi connectivity index (χ1) is 8.82. The Morgan fingerprint density at radius 3 is 2.89 bits per heavy atom. The van der Waals surface area contributed by atoms with Crippen molar-refractivity contribution in [2.45, 2.75) is 50.6 Å². The van der Waals surface area contributed by atoms with Crippen molar-refractivity contribution in [3.05, 3.63) is 24.2 Å². The number of nitrogens with zero attached hydrogens (tertiary/aromatic N) is 1. The van der Waals surface area contributed by atoms with E-state index < -0.39 is 0 Å². The van der Waals surface area contributed by atoms with Crippen molar-refractivity contribution in [1.29, 1.82) is 0 Å². The van der Waals surface area contributed by atoms with Crippen LogP contribution in [0, 0.1) is 0 Å². The van der Waals surface area contributed by atoms with Crippen LogP contribution >= 0.6 is 0 Å². The third kappa shape index (κ3) is 2.10. The molecule has 1 aromatic rings. The summed E-state index contributed by atoms with van der Waals surface area (Å²) in [5.41, 5.74) is 1.72. The summed E-state index contributed by atoms with van der Waals surface area (Å²) in [6, 6.07) is 2.59. The van der Waals surface area contributed by atoms with Crippen LogP contribution in [0.5, 0.6) is 0 Å². The predicted molar refractivity (Wildman–Crippen MR) is 72.5 cm³/mol.